The van der Waals surface area contributed by atoms with Crippen molar-refractivity contribution in [1.29, 1.82) is 0 Å². The first-order valence-electron chi connectivity index (χ1n) is 11.2. The number of carbonyl (C=O) groups is 2. The molecule has 7 heteroatoms. The summed E-state index contributed by atoms with van der Waals surface area (Å²) in [4.78, 5) is 32.7. The number of fused-ring (bicyclic) bond motifs is 2. The first kappa shape index (κ1) is 22.9. The summed E-state index contributed by atoms with van der Waals surface area (Å²) in [5.41, 5.74) is 2.61. The molecule has 1 N–H and O–H groups in total. The first-order valence-corrected chi connectivity index (χ1v) is 12.0. The molecule has 0 unspecified atom stereocenters. The van der Waals surface area contributed by atoms with Crippen LogP contribution >= 0.6 is 11.8 Å². The van der Waals surface area contributed by atoms with Gasteiger partial charge in [0, 0.05) is 30.6 Å². The molecule has 0 radical (unpaired) electrons. The number of hydrogen-bond donors (Lipinski definition) is 1. The van der Waals surface area contributed by atoms with E-state index in [1.165, 1.54) is 11.8 Å². The number of ether oxygens (including phenoxy) is 1. The highest BCUT2D eigenvalue weighted by atomic mass is 32.2. The zero-order valence-corrected chi connectivity index (χ0v) is 19.4. The molecule has 0 aliphatic carbocycles. The van der Waals surface area contributed by atoms with Gasteiger partial charge in [-0.25, -0.2) is 4.98 Å². The fraction of sp³-hybridized carbons (Fsp3) is 0.269. The number of nitrogens with zero attached hydrogens (tertiary/aromatic N) is 2. The van der Waals surface area contributed by atoms with E-state index >= 15 is 0 Å². The molecule has 2 aromatic carbocycles. The van der Waals surface area contributed by atoms with Crippen LogP contribution < -0.4 is 15.0 Å². The predicted molar refractivity (Wildman–Crippen MR) is 130 cm³/mol. The van der Waals surface area contributed by atoms with Gasteiger partial charge in [-0.05, 0) is 61.7 Å². The van der Waals surface area contributed by atoms with E-state index in [0.717, 1.165) is 28.3 Å². The van der Waals surface area contributed by atoms with Crippen LogP contribution in [-0.4, -0.2) is 36.5 Å². The van der Waals surface area contributed by atoms with Crippen LogP contribution in [0.2, 0.25) is 0 Å². The molecule has 0 spiro atoms. The van der Waals surface area contributed by atoms with Gasteiger partial charge in [0.05, 0.1) is 17.9 Å². The van der Waals surface area contributed by atoms with Gasteiger partial charge in [0.15, 0.2) is 0 Å². The highest BCUT2D eigenvalue weighted by molar-refractivity contribution is 7.99. The van der Waals surface area contributed by atoms with Crippen molar-refractivity contribution in [2.24, 2.45) is 0 Å². The molecule has 2 amide bonds. The lowest BCUT2D eigenvalue weighted by Gasteiger charge is -2.22. The SMILES string of the molecule is CCOc1ccc(CCNC(=O)CCCN2C(=O)c3cccnc3Sc3ccccc32)cc1. The van der Waals surface area contributed by atoms with Crippen molar-refractivity contribution in [1.82, 2.24) is 10.3 Å². The number of nitrogens with one attached hydrogen (secondary N) is 1. The van der Waals surface area contributed by atoms with E-state index in [0.29, 0.717) is 43.1 Å². The van der Waals surface area contributed by atoms with E-state index < -0.39 is 0 Å². The molecule has 0 bridgehead atoms. The van der Waals surface area contributed by atoms with Crippen LogP contribution in [0.3, 0.4) is 0 Å². The van der Waals surface area contributed by atoms with Crippen LogP contribution in [0.25, 0.3) is 0 Å². The Morgan fingerprint density at radius 1 is 1.09 bits per heavy atom. The maximum atomic E-state index is 13.2. The highest BCUT2D eigenvalue weighted by Gasteiger charge is 2.27. The van der Waals surface area contributed by atoms with Gasteiger partial charge in [-0.15, -0.1) is 0 Å². The summed E-state index contributed by atoms with van der Waals surface area (Å²) in [6, 6.07) is 19.4. The van der Waals surface area contributed by atoms with Crippen LogP contribution in [0, 0.1) is 0 Å². The number of hydrogen-bond acceptors (Lipinski definition) is 5. The Labute approximate surface area is 198 Å². The Kier molecular flexibility index (Phi) is 7.62. The van der Waals surface area contributed by atoms with Crippen molar-refractivity contribution >= 4 is 29.3 Å². The van der Waals surface area contributed by atoms with E-state index in [9.17, 15) is 9.59 Å². The molecule has 2 heterocycles. The average molecular weight is 462 g/mol. The number of aromatic nitrogens is 1. The Hall–Kier alpha value is -3.32. The topological polar surface area (TPSA) is 71.5 Å². The molecule has 3 aromatic rings. The zero-order chi connectivity index (χ0) is 23.0. The number of amides is 2. The minimum Gasteiger partial charge on any atom is -0.494 e. The quantitative estimate of drug-likeness (QED) is 0.499. The third-order valence-electron chi connectivity index (χ3n) is 5.37. The number of anilines is 1. The van der Waals surface area contributed by atoms with Gasteiger partial charge >= 0.3 is 0 Å². The van der Waals surface area contributed by atoms with E-state index in [1.54, 1.807) is 17.2 Å². The van der Waals surface area contributed by atoms with Crippen molar-refractivity contribution in [2.45, 2.75) is 36.1 Å². The van der Waals surface area contributed by atoms with Crippen molar-refractivity contribution in [3.05, 3.63) is 78.0 Å². The van der Waals surface area contributed by atoms with Gasteiger partial charge in [0.1, 0.15) is 10.8 Å². The van der Waals surface area contributed by atoms with Crippen molar-refractivity contribution in [3.8, 4) is 5.75 Å². The van der Waals surface area contributed by atoms with E-state index in [1.807, 2.05) is 61.5 Å². The van der Waals surface area contributed by atoms with E-state index in [-0.39, 0.29) is 11.8 Å². The Balaban J connectivity index is 1.30. The Bertz CT molecular complexity index is 1120. The van der Waals surface area contributed by atoms with E-state index in [4.69, 9.17) is 4.74 Å². The number of carbonyl (C=O) groups excluding carboxylic acids is 2. The highest BCUT2D eigenvalue weighted by Crippen LogP contribution is 2.40. The standard InChI is InChI=1S/C26H27N3O3S/c1-2-32-20-13-11-19(12-14-20)15-17-27-24(30)10-6-18-29-22-8-3-4-9-23(22)33-25-21(26(29)31)7-5-16-28-25/h3-5,7-9,11-14,16H,2,6,10,15,17-18H2,1H3,(H,27,30). The lowest BCUT2D eigenvalue weighted by Crippen LogP contribution is -2.33. The summed E-state index contributed by atoms with van der Waals surface area (Å²) in [5, 5.41) is 3.69. The van der Waals surface area contributed by atoms with Gasteiger partial charge in [-0.1, -0.05) is 36.0 Å². The maximum absolute atomic E-state index is 13.2. The summed E-state index contributed by atoms with van der Waals surface area (Å²) >= 11 is 1.50. The minimum absolute atomic E-state index is 0.00654. The molecular formula is C26H27N3O3S. The normalized spacial score (nSPS) is 12.5. The number of rotatable bonds is 9. The average Bonchev–Trinajstić information content (AvgIpc) is 2.95. The molecule has 170 valence electrons. The van der Waals surface area contributed by atoms with Crippen molar-refractivity contribution < 1.29 is 14.3 Å². The molecule has 6 nitrogen and oxygen atoms in total. The van der Waals surface area contributed by atoms with Gasteiger partial charge in [-0.3, -0.25) is 9.59 Å². The molecule has 0 atom stereocenters. The summed E-state index contributed by atoms with van der Waals surface area (Å²) < 4.78 is 5.45. The summed E-state index contributed by atoms with van der Waals surface area (Å²) in [5.74, 6) is 0.770. The number of para-hydroxylation sites is 1. The third kappa shape index (κ3) is 5.73. The Morgan fingerprint density at radius 2 is 1.91 bits per heavy atom. The number of benzene rings is 2. The van der Waals surface area contributed by atoms with Crippen LogP contribution in [0.1, 0.15) is 35.7 Å². The van der Waals surface area contributed by atoms with Gasteiger partial charge < -0.3 is 15.0 Å². The first-order chi connectivity index (χ1) is 16.2. The van der Waals surface area contributed by atoms with Crippen molar-refractivity contribution in [2.75, 3.05) is 24.6 Å². The fourth-order valence-corrected chi connectivity index (χ4v) is 4.75. The molecule has 33 heavy (non-hydrogen) atoms. The lowest BCUT2D eigenvalue weighted by molar-refractivity contribution is -0.121. The largest absolute Gasteiger partial charge is 0.494 e. The zero-order valence-electron chi connectivity index (χ0n) is 18.6. The second kappa shape index (κ2) is 11.0. The van der Waals surface area contributed by atoms with Crippen molar-refractivity contribution in [3.63, 3.8) is 0 Å². The molecule has 4 rings (SSSR count). The summed E-state index contributed by atoms with van der Waals surface area (Å²) in [6.45, 7) is 3.65. The molecular weight excluding hydrogens is 434 g/mol. The Morgan fingerprint density at radius 3 is 2.73 bits per heavy atom. The molecule has 0 fully saturated rings. The second-order valence-electron chi connectivity index (χ2n) is 7.66. The second-order valence-corrected chi connectivity index (χ2v) is 8.69. The monoisotopic (exact) mass is 461 g/mol. The summed E-state index contributed by atoms with van der Waals surface area (Å²) in [6.07, 6.45) is 3.41. The van der Waals surface area contributed by atoms with E-state index in [2.05, 4.69) is 10.3 Å². The van der Waals surface area contributed by atoms with Crippen LogP contribution in [0.15, 0.2) is 76.8 Å². The molecule has 1 aliphatic heterocycles. The maximum Gasteiger partial charge on any atom is 0.261 e. The fourth-order valence-electron chi connectivity index (χ4n) is 3.73. The molecule has 0 saturated heterocycles. The van der Waals surface area contributed by atoms with Gasteiger partial charge in [0.2, 0.25) is 5.91 Å². The smallest absolute Gasteiger partial charge is 0.261 e. The summed E-state index contributed by atoms with van der Waals surface area (Å²) in [7, 11) is 0. The lowest BCUT2D eigenvalue weighted by atomic mass is 10.1. The molecule has 1 aromatic heterocycles. The van der Waals surface area contributed by atoms with Crippen LogP contribution in [0.4, 0.5) is 5.69 Å². The van der Waals surface area contributed by atoms with Gasteiger partial charge in [-0.2, -0.15) is 0 Å². The minimum atomic E-state index is -0.0774. The van der Waals surface area contributed by atoms with Crippen LogP contribution in [0.5, 0.6) is 5.75 Å². The molecule has 0 saturated carbocycles. The molecule has 1 aliphatic rings. The van der Waals surface area contributed by atoms with Crippen LogP contribution in [-0.2, 0) is 11.2 Å². The third-order valence-corrected chi connectivity index (χ3v) is 6.45. The number of pyridine rings is 1. The van der Waals surface area contributed by atoms with Gasteiger partial charge in [0.25, 0.3) is 5.91 Å². The predicted octanol–water partition coefficient (Wildman–Crippen LogP) is 4.73.